The van der Waals surface area contributed by atoms with E-state index in [1.807, 2.05) is 4.90 Å². The first-order valence-electron chi connectivity index (χ1n) is 11.9. The predicted molar refractivity (Wildman–Crippen MR) is 149 cm³/mol. The molecule has 0 fully saturated rings. The number of carbonyl (C=O) groups excluding carboxylic acids is 2. The van der Waals surface area contributed by atoms with E-state index in [0.29, 0.717) is 45.5 Å². The Labute approximate surface area is 231 Å². The summed E-state index contributed by atoms with van der Waals surface area (Å²) in [5, 5.41) is 6.21. The second kappa shape index (κ2) is 11.9. The summed E-state index contributed by atoms with van der Waals surface area (Å²) >= 11 is 4.44. The number of rotatable bonds is 7. The normalized spacial score (nSPS) is 13.7. The molecule has 1 atom stereocenters. The van der Waals surface area contributed by atoms with Gasteiger partial charge < -0.3 is 0 Å². The van der Waals surface area contributed by atoms with Gasteiger partial charge in [0.25, 0.3) is 0 Å². The second-order valence-corrected chi connectivity index (χ2v) is 13.3. The molecule has 0 saturated carbocycles. The average molecular weight is 601 g/mol. The average Bonchev–Trinajstić information content (AvgIpc) is 3.14. The number of ether oxygens (including phenoxy) is 2. The van der Waals surface area contributed by atoms with Crippen LogP contribution in [0.25, 0.3) is 0 Å². The Kier molecular flexibility index (Phi) is 8.64. The summed E-state index contributed by atoms with van der Waals surface area (Å²) in [6, 6.07) is 9.04. The number of urea groups is 1. The molecule has 3 aromatic rings. The zero-order chi connectivity index (χ0) is 27.4. The zero-order valence-corrected chi connectivity index (χ0v) is 24.3. The number of primary amides is 1. The van der Waals surface area contributed by atoms with Crippen molar-refractivity contribution in [1.29, 1.82) is 0 Å². The molecule has 4 rings (SSSR count). The van der Waals surface area contributed by atoms with Gasteiger partial charge in [0.2, 0.25) is 0 Å². The van der Waals surface area contributed by atoms with Crippen molar-refractivity contribution in [2.75, 3.05) is 39.7 Å². The first-order chi connectivity index (χ1) is 18.2. The number of fused-ring (bicyclic) bond motifs is 1. The van der Waals surface area contributed by atoms with Crippen molar-refractivity contribution in [3.05, 3.63) is 58.2 Å². The van der Waals surface area contributed by atoms with Crippen molar-refractivity contribution in [2.45, 2.75) is 18.6 Å². The first kappa shape index (κ1) is 27.5. The Bertz CT molecular complexity index is 1370. The summed E-state index contributed by atoms with van der Waals surface area (Å²) in [7, 11) is 4.84. The number of carbonyl (C=O) groups is 2. The van der Waals surface area contributed by atoms with E-state index < -0.39 is 20.6 Å². The maximum atomic E-state index is 12.2. The quantitative estimate of drug-likeness (QED) is 0.353. The molecular weight excluding hydrogens is 571 g/mol. The van der Waals surface area contributed by atoms with Crippen molar-refractivity contribution in [3.63, 3.8) is 0 Å². The van der Waals surface area contributed by atoms with Crippen LogP contribution in [0, 0.1) is 0 Å². The number of methoxy groups -OCH3 is 2. The van der Waals surface area contributed by atoms with Gasteiger partial charge in [0.15, 0.2) is 0 Å². The number of nitrogens with zero attached hydrogens (tertiary/aromatic N) is 3. The van der Waals surface area contributed by atoms with Crippen LogP contribution in [0.4, 0.5) is 16.3 Å². The van der Waals surface area contributed by atoms with Gasteiger partial charge in [-0.25, -0.2) is 0 Å². The number of anilines is 2. The fraction of sp³-hybridized carbons (Fsp3) is 0.308. The van der Waals surface area contributed by atoms with Gasteiger partial charge in [0.1, 0.15) is 0 Å². The van der Waals surface area contributed by atoms with Gasteiger partial charge in [-0.1, -0.05) is 0 Å². The molecule has 2 aromatic carbocycles. The van der Waals surface area contributed by atoms with Crippen LogP contribution in [0.2, 0.25) is 10.7 Å². The topological polar surface area (TPSA) is 132 Å². The Morgan fingerprint density at radius 1 is 1.08 bits per heavy atom. The fourth-order valence-corrected chi connectivity index (χ4v) is 7.68. The number of nitrogens with two attached hydrogens (primary N) is 1. The van der Waals surface area contributed by atoms with Crippen molar-refractivity contribution in [1.82, 2.24) is 20.2 Å². The van der Waals surface area contributed by atoms with Gasteiger partial charge in [-0.15, -0.1) is 0 Å². The first-order valence-corrected chi connectivity index (χ1v) is 16.1. The number of amides is 3. The summed E-state index contributed by atoms with van der Waals surface area (Å²) in [4.78, 5) is 35.0. The molecule has 2 heterocycles. The molecule has 200 valence electrons. The Morgan fingerprint density at radius 3 is 2.39 bits per heavy atom. The monoisotopic (exact) mass is 600 g/mol. The van der Waals surface area contributed by atoms with Crippen LogP contribution in [0.15, 0.2) is 36.5 Å². The van der Waals surface area contributed by atoms with E-state index in [9.17, 15) is 9.59 Å². The maximum absolute atomic E-state index is 12.2. The number of aromatic nitrogens is 2. The van der Waals surface area contributed by atoms with E-state index in [1.54, 1.807) is 38.6 Å². The molecule has 10 nitrogen and oxygen atoms in total. The van der Waals surface area contributed by atoms with Gasteiger partial charge in [-0.2, -0.15) is 0 Å². The summed E-state index contributed by atoms with van der Waals surface area (Å²) < 4.78 is 13.0. The molecule has 0 aliphatic carbocycles. The SMILES string of the molecule is CNC(=O)N1CCc2cc(OC)c([As](C)c3ncc(Cl)c(Nc4cc(C(N)=O)ccc4OC)n3)cc2CC1. The van der Waals surface area contributed by atoms with Crippen LogP contribution in [0.5, 0.6) is 11.5 Å². The van der Waals surface area contributed by atoms with E-state index in [0.717, 1.165) is 22.9 Å². The number of benzene rings is 2. The molecule has 12 heteroatoms. The molecule has 0 saturated heterocycles. The summed E-state index contributed by atoms with van der Waals surface area (Å²) in [5.41, 5.74) is 10.8. The van der Waals surface area contributed by atoms with Crippen LogP contribution in [-0.4, -0.2) is 75.8 Å². The van der Waals surface area contributed by atoms with E-state index >= 15 is 0 Å². The third kappa shape index (κ3) is 5.81. The molecule has 1 aliphatic heterocycles. The van der Waals surface area contributed by atoms with Crippen molar-refractivity contribution in [3.8, 4) is 11.5 Å². The summed E-state index contributed by atoms with van der Waals surface area (Å²) in [6.07, 6.45) is 3.08. The Hall–Kier alpha value is -3.49. The number of nitrogens with one attached hydrogen (secondary N) is 2. The number of halogens is 1. The molecule has 38 heavy (non-hydrogen) atoms. The molecule has 0 spiro atoms. The van der Waals surface area contributed by atoms with Crippen LogP contribution in [0.3, 0.4) is 0 Å². The number of hydrogen-bond donors (Lipinski definition) is 3. The van der Waals surface area contributed by atoms with Gasteiger partial charge >= 0.3 is 232 Å². The van der Waals surface area contributed by atoms with Crippen LogP contribution in [-0.2, 0) is 12.8 Å². The second-order valence-electron chi connectivity index (χ2n) is 8.66. The van der Waals surface area contributed by atoms with E-state index in [2.05, 4.69) is 33.5 Å². The molecule has 1 aromatic heterocycles. The molecule has 4 N–H and O–H groups in total. The standard InChI is InChI=1S/C26H30AsClN6O4/c1-27(18-11-15-7-9-34(26(36)30-2)10-8-16(15)13-22(18)38-4)25-31-14-19(28)24(33-25)32-20-12-17(23(29)35)5-6-21(20)37-3/h5-6,11-14H,7-10H2,1-4H3,(H2,29,35)(H,30,36)(H,31,32,33). The molecule has 1 aliphatic rings. The summed E-state index contributed by atoms with van der Waals surface area (Å²) in [6.45, 7) is 1.30. The van der Waals surface area contributed by atoms with Crippen molar-refractivity contribution >= 4 is 58.7 Å². The van der Waals surface area contributed by atoms with Crippen LogP contribution in [0.1, 0.15) is 21.5 Å². The third-order valence-electron chi connectivity index (χ3n) is 6.43. The third-order valence-corrected chi connectivity index (χ3v) is 10.7. The number of hydrogen-bond acceptors (Lipinski definition) is 7. The van der Waals surface area contributed by atoms with E-state index in [1.165, 1.54) is 18.2 Å². The zero-order valence-electron chi connectivity index (χ0n) is 21.7. The minimum absolute atomic E-state index is 0.0687. The molecule has 0 radical (unpaired) electrons. The van der Waals surface area contributed by atoms with Crippen molar-refractivity contribution in [2.24, 2.45) is 5.73 Å². The molecule has 3 amide bonds. The van der Waals surface area contributed by atoms with Gasteiger partial charge in [0, 0.05) is 0 Å². The minimum atomic E-state index is -2.01. The molecular formula is C26H30AsClN6O4. The van der Waals surface area contributed by atoms with Gasteiger partial charge in [-0.05, 0) is 0 Å². The molecule has 0 bridgehead atoms. The van der Waals surface area contributed by atoms with Crippen LogP contribution >= 0.6 is 11.6 Å². The predicted octanol–water partition coefficient (Wildman–Crippen LogP) is 1.97. The van der Waals surface area contributed by atoms with E-state index in [4.69, 9.17) is 31.8 Å². The van der Waals surface area contributed by atoms with Gasteiger partial charge in [0.05, 0.1) is 0 Å². The fourth-order valence-electron chi connectivity index (χ4n) is 4.33. The van der Waals surface area contributed by atoms with Crippen molar-refractivity contribution < 1.29 is 19.1 Å². The Morgan fingerprint density at radius 2 is 1.76 bits per heavy atom. The molecule has 1 unspecified atom stereocenters. The Balaban J connectivity index is 1.66. The van der Waals surface area contributed by atoms with E-state index in [-0.39, 0.29) is 6.03 Å². The van der Waals surface area contributed by atoms with Gasteiger partial charge in [-0.3, -0.25) is 0 Å². The summed E-state index contributed by atoms with van der Waals surface area (Å²) in [5.74, 6) is 1.15. The van der Waals surface area contributed by atoms with Crippen LogP contribution < -0.4 is 34.8 Å².